The molecule has 0 bridgehead atoms. The summed E-state index contributed by atoms with van der Waals surface area (Å²) < 4.78 is 0. The summed E-state index contributed by atoms with van der Waals surface area (Å²) in [5.74, 6) is 0.399. The second-order valence-corrected chi connectivity index (χ2v) is 4.75. The molecule has 1 fully saturated rings. The molecular weight excluding hydrogens is 232 g/mol. The molecule has 2 heterocycles. The smallest absolute Gasteiger partial charge is 0.414 e. The van der Waals surface area contributed by atoms with E-state index in [0.29, 0.717) is 5.95 Å². The van der Waals surface area contributed by atoms with Gasteiger partial charge in [-0.25, -0.2) is 14.7 Å². The lowest BCUT2D eigenvalue weighted by Crippen LogP contribution is -2.40. The zero-order chi connectivity index (χ0) is 13.0. The van der Waals surface area contributed by atoms with Crippen molar-refractivity contribution in [3.8, 4) is 0 Å². The first-order chi connectivity index (χ1) is 8.68. The highest BCUT2D eigenvalue weighted by atomic mass is 16.4. The topological polar surface area (TPSA) is 72.5 Å². The number of rotatable bonds is 5. The number of aromatic nitrogens is 2. The van der Waals surface area contributed by atoms with Crippen molar-refractivity contribution in [3.05, 3.63) is 12.4 Å². The quantitative estimate of drug-likeness (QED) is 0.837. The molecule has 1 aromatic rings. The van der Waals surface area contributed by atoms with E-state index >= 15 is 0 Å². The summed E-state index contributed by atoms with van der Waals surface area (Å²) in [5.41, 5.74) is 0. The fourth-order valence-corrected chi connectivity index (χ4v) is 2.38. The van der Waals surface area contributed by atoms with Crippen LogP contribution in [0.25, 0.3) is 0 Å². The minimum absolute atomic E-state index is 0.0748. The van der Waals surface area contributed by atoms with Gasteiger partial charge < -0.3 is 15.0 Å². The van der Waals surface area contributed by atoms with Gasteiger partial charge in [0.25, 0.3) is 0 Å². The van der Waals surface area contributed by atoms with Gasteiger partial charge in [0, 0.05) is 25.0 Å². The van der Waals surface area contributed by atoms with E-state index in [4.69, 9.17) is 0 Å². The van der Waals surface area contributed by atoms with Crippen LogP contribution in [0.2, 0.25) is 0 Å². The van der Waals surface area contributed by atoms with E-state index in [-0.39, 0.29) is 6.04 Å². The third-order valence-electron chi connectivity index (χ3n) is 3.42. The van der Waals surface area contributed by atoms with Gasteiger partial charge in [-0.2, -0.15) is 0 Å². The largest absolute Gasteiger partial charge is 0.465 e. The maximum Gasteiger partial charge on any atom is 0.414 e. The molecule has 0 aliphatic carbocycles. The summed E-state index contributed by atoms with van der Waals surface area (Å²) >= 11 is 0. The summed E-state index contributed by atoms with van der Waals surface area (Å²) in [4.78, 5) is 21.8. The molecule has 1 aliphatic rings. The van der Waals surface area contributed by atoms with Crippen molar-refractivity contribution in [3.63, 3.8) is 0 Å². The first-order valence-corrected chi connectivity index (χ1v) is 6.42. The standard InChI is InChI=1S/C12H20N4O2/c1-10(4-9-15-7-2-3-8-15)16(12(17)18)11-13-5-6-14-11/h5-6,10H,2-4,7-9H2,1H3,(H,13,14)(H,17,18). The molecule has 1 aliphatic heterocycles. The van der Waals surface area contributed by atoms with Crippen molar-refractivity contribution in [1.82, 2.24) is 14.9 Å². The van der Waals surface area contributed by atoms with Crippen LogP contribution in [0.4, 0.5) is 10.7 Å². The second-order valence-electron chi connectivity index (χ2n) is 4.75. The highest BCUT2D eigenvalue weighted by molar-refractivity contribution is 5.84. The number of H-pyrrole nitrogens is 1. The molecule has 0 spiro atoms. The van der Waals surface area contributed by atoms with Crippen LogP contribution in [0.5, 0.6) is 0 Å². The minimum Gasteiger partial charge on any atom is -0.465 e. The Hall–Kier alpha value is -1.56. The van der Waals surface area contributed by atoms with Crippen molar-refractivity contribution in [2.24, 2.45) is 0 Å². The zero-order valence-electron chi connectivity index (χ0n) is 10.7. The predicted octanol–water partition coefficient (Wildman–Crippen LogP) is 1.77. The van der Waals surface area contributed by atoms with Crippen molar-refractivity contribution < 1.29 is 9.90 Å². The zero-order valence-corrected chi connectivity index (χ0v) is 10.7. The van der Waals surface area contributed by atoms with E-state index in [9.17, 15) is 9.90 Å². The minimum atomic E-state index is -0.959. The fraction of sp³-hybridized carbons (Fsp3) is 0.667. The monoisotopic (exact) mass is 252 g/mol. The van der Waals surface area contributed by atoms with Crippen LogP contribution in [-0.2, 0) is 0 Å². The number of amides is 1. The first-order valence-electron chi connectivity index (χ1n) is 6.42. The number of aromatic amines is 1. The van der Waals surface area contributed by atoms with Gasteiger partial charge in [0.15, 0.2) is 0 Å². The summed E-state index contributed by atoms with van der Waals surface area (Å²) in [6, 6.07) is -0.0748. The molecular formula is C12H20N4O2. The number of likely N-dealkylation sites (tertiary alicyclic amines) is 1. The molecule has 0 radical (unpaired) electrons. The molecule has 6 nitrogen and oxygen atoms in total. The van der Waals surface area contributed by atoms with E-state index < -0.39 is 6.09 Å². The van der Waals surface area contributed by atoms with Crippen molar-refractivity contribution in [2.75, 3.05) is 24.5 Å². The van der Waals surface area contributed by atoms with Gasteiger partial charge in [0.05, 0.1) is 0 Å². The maximum absolute atomic E-state index is 11.3. The second kappa shape index (κ2) is 5.86. The highest BCUT2D eigenvalue weighted by Crippen LogP contribution is 2.15. The van der Waals surface area contributed by atoms with Crippen molar-refractivity contribution >= 4 is 12.0 Å². The lowest BCUT2D eigenvalue weighted by molar-refractivity contribution is 0.197. The van der Waals surface area contributed by atoms with Crippen molar-refractivity contribution in [2.45, 2.75) is 32.2 Å². The number of nitrogens with zero attached hydrogens (tertiary/aromatic N) is 3. The van der Waals surface area contributed by atoms with Crippen LogP contribution in [0.3, 0.4) is 0 Å². The third kappa shape index (κ3) is 3.01. The van der Waals surface area contributed by atoms with Crippen LogP contribution in [-0.4, -0.2) is 51.7 Å². The molecule has 1 aromatic heterocycles. The number of carbonyl (C=O) groups is 1. The average Bonchev–Trinajstić information content (AvgIpc) is 2.99. The molecule has 100 valence electrons. The Morgan fingerprint density at radius 2 is 2.33 bits per heavy atom. The van der Waals surface area contributed by atoms with Crippen molar-refractivity contribution in [1.29, 1.82) is 0 Å². The van der Waals surface area contributed by atoms with Gasteiger partial charge >= 0.3 is 6.09 Å². The van der Waals surface area contributed by atoms with E-state index in [1.807, 2.05) is 6.92 Å². The van der Waals surface area contributed by atoms with Gasteiger partial charge in [-0.3, -0.25) is 0 Å². The Bertz CT molecular complexity index is 373. The Morgan fingerprint density at radius 3 is 2.89 bits per heavy atom. The molecule has 2 N–H and O–H groups in total. The van der Waals surface area contributed by atoms with Gasteiger partial charge in [-0.1, -0.05) is 0 Å². The van der Waals surface area contributed by atoms with Gasteiger partial charge in [0.1, 0.15) is 0 Å². The molecule has 0 aromatic carbocycles. The maximum atomic E-state index is 11.3. The number of nitrogens with one attached hydrogen (secondary N) is 1. The Kier molecular flexibility index (Phi) is 4.19. The number of hydrogen-bond acceptors (Lipinski definition) is 3. The van der Waals surface area contributed by atoms with Crippen LogP contribution < -0.4 is 4.90 Å². The van der Waals surface area contributed by atoms with Crippen LogP contribution in [0, 0.1) is 0 Å². The van der Waals surface area contributed by atoms with E-state index in [2.05, 4.69) is 14.9 Å². The molecule has 0 saturated carbocycles. The van der Waals surface area contributed by atoms with E-state index in [1.54, 1.807) is 12.4 Å². The van der Waals surface area contributed by atoms with Crippen LogP contribution in [0.15, 0.2) is 12.4 Å². The van der Waals surface area contributed by atoms with Crippen LogP contribution in [0.1, 0.15) is 26.2 Å². The summed E-state index contributed by atoms with van der Waals surface area (Å²) in [7, 11) is 0. The normalized spacial score (nSPS) is 17.8. The molecule has 1 unspecified atom stereocenters. The average molecular weight is 252 g/mol. The Morgan fingerprint density at radius 1 is 1.61 bits per heavy atom. The molecule has 1 saturated heterocycles. The summed E-state index contributed by atoms with van der Waals surface area (Å²) in [6.07, 6.45) is 5.59. The molecule has 2 rings (SSSR count). The third-order valence-corrected chi connectivity index (χ3v) is 3.42. The SMILES string of the molecule is CC(CCN1CCCC1)N(C(=O)O)c1ncc[nH]1. The van der Waals surface area contributed by atoms with E-state index in [1.165, 1.54) is 17.7 Å². The predicted molar refractivity (Wildman–Crippen MR) is 68.8 cm³/mol. The Balaban J connectivity index is 1.91. The number of hydrogen-bond donors (Lipinski definition) is 2. The summed E-state index contributed by atoms with van der Waals surface area (Å²) in [5, 5.41) is 9.26. The molecule has 1 amide bonds. The number of carboxylic acid groups (broad SMARTS) is 1. The van der Waals surface area contributed by atoms with Gasteiger partial charge in [-0.15, -0.1) is 0 Å². The van der Waals surface area contributed by atoms with Gasteiger partial charge in [0.2, 0.25) is 5.95 Å². The van der Waals surface area contributed by atoms with Gasteiger partial charge in [-0.05, 0) is 39.3 Å². The Labute approximate surface area is 107 Å². The lowest BCUT2D eigenvalue weighted by atomic mass is 10.2. The molecule has 6 heteroatoms. The van der Waals surface area contributed by atoms with Crippen LogP contribution >= 0.6 is 0 Å². The van der Waals surface area contributed by atoms with E-state index in [0.717, 1.165) is 26.1 Å². The fourth-order valence-electron chi connectivity index (χ4n) is 2.38. The number of imidazole rings is 1. The highest BCUT2D eigenvalue weighted by Gasteiger charge is 2.24. The number of anilines is 1. The lowest BCUT2D eigenvalue weighted by Gasteiger charge is -2.25. The molecule has 18 heavy (non-hydrogen) atoms. The first kappa shape index (κ1) is 12.9. The molecule has 1 atom stereocenters. The summed E-state index contributed by atoms with van der Waals surface area (Å²) in [6.45, 7) is 5.15.